The second kappa shape index (κ2) is 7.76. The van der Waals surface area contributed by atoms with Gasteiger partial charge < -0.3 is 0 Å². The van der Waals surface area contributed by atoms with Gasteiger partial charge in [0.2, 0.25) is 0 Å². The Morgan fingerprint density at radius 3 is 2.21 bits per heavy atom. The van der Waals surface area contributed by atoms with Crippen LogP contribution in [0.5, 0.6) is 0 Å². The summed E-state index contributed by atoms with van der Waals surface area (Å²) in [5.74, 6) is 2.47. The van der Waals surface area contributed by atoms with Gasteiger partial charge in [-0.1, -0.05) is 45.4 Å². The van der Waals surface area contributed by atoms with E-state index in [2.05, 4.69) is 45.9 Å². The van der Waals surface area contributed by atoms with Crippen molar-refractivity contribution >= 4 is 25.8 Å². The number of aryl methyl sites for hydroxylation is 1. The zero-order valence-corrected chi connectivity index (χ0v) is 16.4. The minimum Gasteiger partial charge on any atom is -0.0651 e. The molecule has 2 rings (SSSR count). The van der Waals surface area contributed by atoms with Crippen molar-refractivity contribution in [2.24, 2.45) is 5.92 Å². The van der Waals surface area contributed by atoms with Crippen LogP contribution >= 0.6 is 0 Å². The second-order valence-corrected chi connectivity index (χ2v) is 6.40. The SMILES string of the molecule is CCC1CCC(c2ccc(C(C)C)c(C)c2)CC1.[In]. The molecule has 1 heteroatoms. The minimum absolute atomic E-state index is 0. The Hall–Kier alpha value is 0.0901. The molecule has 0 heterocycles. The van der Waals surface area contributed by atoms with Gasteiger partial charge in [0.05, 0.1) is 0 Å². The molecule has 0 amide bonds. The van der Waals surface area contributed by atoms with Crippen molar-refractivity contribution < 1.29 is 0 Å². The van der Waals surface area contributed by atoms with E-state index < -0.39 is 0 Å². The van der Waals surface area contributed by atoms with E-state index in [-0.39, 0.29) is 25.8 Å². The van der Waals surface area contributed by atoms with Gasteiger partial charge in [-0.15, -0.1) is 0 Å². The summed E-state index contributed by atoms with van der Waals surface area (Å²) in [6.07, 6.45) is 7.05. The van der Waals surface area contributed by atoms with E-state index in [1.54, 1.807) is 5.56 Å². The molecule has 1 aromatic carbocycles. The molecule has 1 fully saturated rings. The van der Waals surface area contributed by atoms with Gasteiger partial charge in [-0.2, -0.15) is 0 Å². The maximum Gasteiger partial charge on any atom is 0 e. The minimum atomic E-state index is 0. The molecule has 103 valence electrons. The Morgan fingerprint density at radius 1 is 1.11 bits per heavy atom. The van der Waals surface area contributed by atoms with E-state index in [4.69, 9.17) is 0 Å². The van der Waals surface area contributed by atoms with Crippen molar-refractivity contribution in [2.75, 3.05) is 0 Å². The van der Waals surface area contributed by atoms with Gasteiger partial charge >= 0.3 is 0 Å². The molecule has 1 aliphatic rings. The first-order valence-corrected chi connectivity index (χ1v) is 7.72. The van der Waals surface area contributed by atoms with Crippen LogP contribution in [0.25, 0.3) is 0 Å². The van der Waals surface area contributed by atoms with E-state index in [0.29, 0.717) is 5.92 Å². The summed E-state index contributed by atoms with van der Waals surface area (Å²) in [4.78, 5) is 0. The average molecular weight is 359 g/mol. The van der Waals surface area contributed by atoms with Crippen molar-refractivity contribution in [3.8, 4) is 0 Å². The van der Waals surface area contributed by atoms with Crippen LogP contribution in [0.4, 0.5) is 0 Å². The van der Waals surface area contributed by atoms with Crippen molar-refractivity contribution in [3.05, 3.63) is 34.9 Å². The smallest absolute Gasteiger partial charge is 0 e. The van der Waals surface area contributed by atoms with E-state index in [9.17, 15) is 0 Å². The summed E-state index contributed by atoms with van der Waals surface area (Å²) in [6.45, 7) is 9.19. The molecule has 1 aromatic rings. The van der Waals surface area contributed by atoms with Gasteiger partial charge in [-0.25, -0.2) is 0 Å². The largest absolute Gasteiger partial charge is 0.0651 e. The molecule has 1 aliphatic carbocycles. The zero-order valence-electron chi connectivity index (χ0n) is 13.1. The van der Waals surface area contributed by atoms with Gasteiger partial charge in [0.25, 0.3) is 0 Å². The van der Waals surface area contributed by atoms with Crippen molar-refractivity contribution in [2.45, 2.75) is 71.6 Å². The van der Waals surface area contributed by atoms with Crippen LogP contribution in [-0.2, 0) is 0 Å². The zero-order chi connectivity index (χ0) is 13.1. The van der Waals surface area contributed by atoms with Crippen molar-refractivity contribution in [1.82, 2.24) is 0 Å². The van der Waals surface area contributed by atoms with Crippen molar-refractivity contribution in [3.63, 3.8) is 0 Å². The molecule has 1 saturated carbocycles. The Labute approximate surface area is 138 Å². The summed E-state index contributed by atoms with van der Waals surface area (Å²) in [7, 11) is 0. The summed E-state index contributed by atoms with van der Waals surface area (Å²) in [6, 6.07) is 7.20. The third-order valence-corrected chi connectivity index (χ3v) is 4.81. The Kier molecular flexibility index (Phi) is 7.00. The molecule has 0 nitrogen and oxygen atoms in total. The molecule has 0 spiro atoms. The predicted octanol–water partition coefficient (Wildman–Crippen LogP) is 5.42. The summed E-state index contributed by atoms with van der Waals surface area (Å²) >= 11 is 0. The molecule has 19 heavy (non-hydrogen) atoms. The molecular weight excluding hydrogens is 331 g/mol. The first kappa shape index (κ1) is 17.1. The van der Waals surface area contributed by atoms with Crippen LogP contribution in [0.2, 0.25) is 0 Å². The normalized spacial score (nSPS) is 23.2. The number of hydrogen-bond acceptors (Lipinski definition) is 0. The fraction of sp³-hybridized carbons (Fsp3) is 0.667. The molecule has 0 N–H and O–H groups in total. The number of rotatable bonds is 3. The van der Waals surface area contributed by atoms with Gasteiger partial charge in [0.15, 0.2) is 0 Å². The Balaban J connectivity index is 0.00000180. The quantitative estimate of drug-likeness (QED) is 0.676. The summed E-state index contributed by atoms with van der Waals surface area (Å²) in [5, 5.41) is 0. The molecule has 0 unspecified atom stereocenters. The molecule has 0 atom stereocenters. The van der Waals surface area contributed by atoms with Crippen LogP contribution in [0.1, 0.15) is 81.4 Å². The molecule has 0 saturated heterocycles. The van der Waals surface area contributed by atoms with Crippen molar-refractivity contribution in [1.29, 1.82) is 0 Å². The fourth-order valence-electron chi connectivity index (χ4n) is 3.50. The molecule has 3 radical (unpaired) electrons. The van der Waals surface area contributed by atoms with Gasteiger partial charge in [0, 0.05) is 25.8 Å². The van der Waals surface area contributed by atoms with E-state index >= 15 is 0 Å². The van der Waals surface area contributed by atoms with Gasteiger partial charge in [-0.3, -0.25) is 0 Å². The van der Waals surface area contributed by atoms with Gasteiger partial charge in [-0.05, 0) is 67.1 Å². The number of benzene rings is 1. The first-order valence-electron chi connectivity index (χ1n) is 7.72. The topological polar surface area (TPSA) is 0 Å². The standard InChI is InChI=1S/C18H28.In/c1-5-15-6-8-16(9-7-15)17-10-11-18(13(2)3)14(4)12-17;/h10-13,15-16H,5-9H2,1-4H3;. The van der Waals surface area contributed by atoms with Crippen LogP contribution < -0.4 is 0 Å². The molecule has 0 bridgehead atoms. The predicted molar refractivity (Wildman–Crippen MR) is 86.0 cm³/mol. The molecule has 0 aromatic heterocycles. The molecule has 0 aliphatic heterocycles. The average Bonchev–Trinajstić information content (AvgIpc) is 2.38. The van der Waals surface area contributed by atoms with Crippen LogP contribution in [0.15, 0.2) is 18.2 Å². The fourth-order valence-corrected chi connectivity index (χ4v) is 3.50. The third kappa shape index (κ3) is 4.28. The van der Waals surface area contributed by atoms with Crippen LogP contribution in [-0.4, -0.2) is 25.8 Å². The monoisotopic (exact) mass is 359 g/mol. The first-order chi connectivity index (χ1) is 8.61. The third-order valence-electron chi connectivity index (χ3n) is 4.81. The van der Waals surface area contributed by atoms with E-state index in [1.165, 1.54) is 43.2 Å². The maximum atomic E-state index is 2.45. The van der Waals surface area contributed by atoms with Gasteiger partial charge in [0.1, 0.15) is 0 Å². The molecular formula is C18H28In. The Morgan fingerprint density at radius 2 is 1.74 bits per heavy atom. The second-order valence-electron chi connectivity index (χ2n) is 6.40. The summed E-state index contributed by atoms with van der Waals surface area (Å²) < 4.78 is 0. The Bertz CT molecular complexity index is 387. The summed E-state index contributed by atoms with van der Waals surface area (Å²) in [5.41, 5.74) is 4.59. The van der Waals surface area contributed by atoms with Crippen LogP contribution in [0, 0.1) is 12.8 Å². The van der Waals surface area contributed by atoms with E-state index in [1.807, 2.05) is 0 Å². The van der Waals surface area contributed by atoms with E-state index in [0.717, 1.165) is 11.8 Å². The maximum absolute atomic E-state index is 2.45. The van der Waals surface area contributed by atoms with Crippen LogP contribution in [0.3, 0.4) is 0 Å². The number of hydrogen-bond donors (Lipinski definition) is 0.